The first-order valence-electron chi connectivity index (χ1n) is 5.25. The molecule has 0 amide bonds. The number of hydrogen-bond acceptors (Lipinski definition) is 0. The molecule has 0 aliphatic rings. The summed E-state index contributed by atoms with van der Waals surface area (Å²) in [7, 11) is 0. The highest BCUT2D eigenvalue weighted by Crippen LogP contribution is 2.10. The molecule has 0 atom stereocenters. The predicted octanol–water partition coefficient (Wildman–Crippen LogP) is 4.31. The molecule has 15 heavy (non-hydrogen) atoms. The van der Waals surface area contributed by atoms with Crippen molar-refractivity contribution in [3.63, 3.8) is 0 Å². The Labute approximate surface area is 92.6 Å². The van der Waals surface area contributed by atoms with Crippen LogP contribution in [0.3, 0.4) is 0 Å². The summed E-state index contributed by atoms with van der Waals surface area (Å²) in [5.41, 5.74) is 3.70. The largest absolute Gasteiger partial charge is 0.0988 e. The Morgan fingerprint density at radius 1 is 1.27 bits per heavy atom. The molecule has 1 aromatic rings. The molecule has 0 fully saturated rings. The molecule has 0 spiro atoms. The quantitative estimate of drug-likeness (QED) is 0.618. The normalized spacial score (nSPS) is 11.1. The molecule has 78 valence electrons. The van der Waals surface area contributed by atoms with Gasteiger partial charge in [-0.15, -0.1) is 0 Å². The summed E-state index contributed by atoms with van der Waals surface area (Å²) in [5.74, 6) is 0. The van der Waals surface area contributed by atoms with Gasteiger partial charge in [0.05, 0.1) is 0 Å². The van der Waals surface area contributed by atoms with E-state index >= 15 is 0 Å². The second-order valence-corrected chi connectivity index (χ2v) is 3.74. The predicted molar refractivity (Wildman–Crippen MR) is 67.9 cm³/mol. The van der Waals surface area contributed by atoms with Crippen LogP contribution in [-0.2, 0) is 6.42 Å². The highest BCUT2D eigenvalue weighted by molar-refractivity contribution is 5.27. The third-order valence-electron chi connectivity index (χ3n) is 2.33. The zero-order valence-electron chi connectivity index (χ0n) is 9.37. The fourth-order valence-electron chi connectivity index (χ4n) is 1.40. The smallest absolute Gasteiger partial charge is 0.0238 e. The van der Waals surface area contributed by atoms with Gasteiger partial charge in [-0.2, -0.15) is 0 Å². The molecule has 0 aliphatic carbocycles. The van der Waals surface area contributed by atoms with Crippen molar-refractivity contribution in [1.29, 1.82) is 0 Å². The average Bonchev–Trinajstić information content (AvgIpc) is 2.27. The van der Waals surface area contributed by atoms with Gasteiger partial charge in [-0.1, -0.05) is 66.8 Å². The Morgan fingerprint density at radius 2 is 1.93 bits per heavy atom. The van der Waals surface area contributed by atoms with E-state index in [0.29, 0.717) is 0 Å². The summed E-state index contributed by atoms with van der Waals surface area (Å²) in [4.78, 5) is 0. The molecule has 0 unspecified atom stereocenters. The molecule has 0 heterocycles. The lowest BCUT2D eigenvalue weighted by molar-refractivity contribution is 0.967. The highest BCUT2D eigenvalue weighted by Gasteiger charge is 1.93. The maximum absolute atomic E-state index is 4.03. The third-order valence-corrected chi connectivity index (χ3v) is 2.33. The zero-order chi connectivity index (χ0) is 11.1. The van der Waals surface area contributed by atoms with Gasteiger partial charge in [0.1, 0.15) is 0 Å². The zero-order valence-corrected chi connectivity index (χ0v) is 9.37. The van der Waals surface area contributed by atoms with Crippen molar-refractivity contribution in [3.05, 3.63) is 72.4 Å². The third kappa shape index (κ3) is 4.46. The van der Waals surface area contributed by atoms with E-state index in [1.807, 2.05) is 19.1 Å². The van der Waals surface area contributed by atoms with Crippen LogP contribution < -0.4 is 0 Å². The number of benzene rings is 1. The second-order valence-electron chi connectivity index (χ2n) is 3.74. The van der Waals surface area contributed by atoms with Crippen LogP contribution in [-0.4, -0.2) is 0 Å². The summed E-state index contributed by atoms with van der Waals surface area (Å²) in [6.45, 7) is 9.80. The van der Waals surface area contributed by atoms with Crippen molar-refractivity contribution in [2.24, 2.45) is 0 Å². The van der Waals surface area contributed by atoms with E-state index in [0.717, 1.165) is 18.4 Å². The van der Waals surface area contributed by atoms with Gasteiger partial charge in [0.25, 0.3) is 0 Å². The van der Waals surface area contributed by atoms with Crippen LogP contribution in [0.5, 0.6) is 0 Å². The van der Waals surface area contributed by atoms with Gasteiger partial charge in [-0.05, 0) is 25.3 Å². The summed E-state index contributed by atoms with van der Waals surface area (Å²) in [6.07, 6.45) is 6.01. The van der Waals surface area contributed by atoms with Crippen molar-refractivity contribution in [2.45, 2.75) is 19.8 Å². The molecule has 0 heteroatoms. The Morgan fingerprint density at radius 3 is 2.53 bits per heavy atom. The number of aryl methyl sites for hydroxylation is 1. The topological polar surface area (TPSA) is 0 Å². The van der Waals surface area contributed by atoms with Gasteiger partial charge in [-0.3, -0.25) is 0 Å². The molecule has 0 nitrogen and oxygen atoms in total. The van der Waals surface area contributed by atoms with Crippen LogP contribution in [0.2, 0.25) is 0 Å². The molecule has 0 aliphatic heterocycles. The van der Waals surface area contributed by atoms with E-state index in [-0.39, 0.29) is 0 Å². The van der Waals surface area contributed by atoms with E-state index < -0.39 is 0 Å². The summed E-state index contributed by atoms with van der Waals surface area (Å²) >= 11 is 0. The van der Waals surface area contributed by atoms with Crippen molar-refractivity contribution in [2.75, 3.05) is 0 Å². The first kappa shape index (κ1) is 11.5. The Bertz CT molecular complexity index is 355. The molecule has 0 bridgehead atoms. The van der Waals surface area contributed by atoms with Crippen LogP contribution in [0.15, 0.2) is 66.8 Å². The first-order valence-corrected chi connectivity index (χ1v) is 5.25. The highest BCUT2D eigenvalue weighted by atomic mass is 14.0. The molecule has 0 saturated heterocycles. The second kappa shape index (κ2) is 6.02. The van der Waals surface area contributed by atoms with Crippen LogP contribution >= 0.6 is 0 Å². The minimum absolute atomic E-state index is 1.01. The van der Waals surface area contributed by atoms with E-state index in [1.54, 1.807) is 0 Å². The molecule has 1 aromatic carbocycles. The van der Waals surface area contributed by atoms with E-state index in [1.165, 1.54) is 11.1 Å². The standard InChI is InChI=1S/C15H18/c1-4-13(2)12-14(3)10-11-15-8-6-5-7-9-15/h4-9,12H,1,3,10-11H2,2H3/b13-12-. The van der Waals surface area contributed by atoms with Crippen molar-refractivity contribution < 1.29 is 0 Å². The van der Waals surface area contributed by atoms with Crippen molar-refractivity contribution in [1.82, 2.24) is 0 Å². The summed E-state index contributed by atoms with van der Waals surface area (Å²) in [6, 6.07) is 10.5. The number of allylic oxidation sites excluding steroid dienone is 4. The minimum atomic E-state index is 1.01. The lowest BCUT2D eigenvalue weighted by atomic mass is 10.0. The Balaban J connectivity index is 2.45. The van der Waals surface area contributed by atoms with Gasteiger partial charge >= 0.3 is 0 Å². The average molecular weight is 198 g/mol. The van der Waals surface area contributed by atoms with Crippen LogP contribution in [0.25, 0.3) is 0 Å². The Kier molecular flexibility index (Phi) is 4.62. The lowest BCUT2D eigenvalue weighted by Gasteiger charge is -2.02. The molecular formula is C15H18. The SMILES string of the molecule is C=C/C(C)=C\C(=C)CCc1ccccc1. The fraction of sp³-hybridized carbons (Fsp3) is 0.200. The minimum Gasteiger partial charge on any atom is -0.0988 e. The summed E-state index contributed by atoms with van der Waals surface area (Å²) in [5, 5.41) is 0. The Hall–Kier alpha value is -1.56. The maximum atomic E-state index is 4.03. The van der Waals surface area contributed by atoms with Gasteiger partial charge in [-0.25, -0.2) is 0 Å². The van der Waals surface area contributed by atoms with Gasteiger partial charge in [0, 0.05) is 0 Å². The van der Waals surface area contributed by atoms with Gasteiger partial charge < -0.3 is 0 Å². The van der Waals surface area contributed by atoms with Crippen molar-refractivity contribution >= 4 is 0 Å². The number of hydrogen-bond donors (Lipinski definition) is 0. The number of rotatable bonds is 5. The first-order chi connectivity index (χ1) is 7.22. The van der Waals surface area contributed by atoms with Gasteiger partial charge in [0.15, 0.2) is 0 Å². The van der Waals surface area contributed by atoms with Gasteiger partial charge in [0.2, 0.25) is 0 Å². The summed E-state index contributed by atoms with van der Waals surface area (Å²) < 4.78 is 0. The molecule has 0 saturated carbocycles. The lowest BCUT2D eigenvalue weighted by Crippen LogP contribution is -1.86. The van der Waals surface area contributed by atoms with Crippen molar-refractivity contribution in [3.8, 4) is 0 Å². The van der Waals surface area contributed by atoms with Crippen LogP contribution in [0.1, 0.15) is 18.9 Å². The fourth-order valence-corrected chi connectivity index (χ4v) is 1.40. The molecular weight excluding hydrogens is 180 g/mol. The monoisotopic (exact) mass is 198 g/mol. The maximum Gasteiger partial charge on any atom is -0.0238 e. The molecule has 0 radical (unpaired) electrons. The van der Waals surface area contributed by atoms with E-state index in [2.05, 4.69) is 43.5 Å². The molecule has 1 rings (SSSR count). The molecule has 0 N–H and O–H groups in total. The van der Waals surface area contributed by atoms with E-state index in [4.69, 9.17) is 0 Å². The van der Waals surface area contributed by atoms with Crippen LogP contribution in [0, 0.1) is 0 Å². The van der Waals surface area contributed by atoms with E-state index in [9.17, 15) is 0 Å². The molecule has 0 aromatic heterocycles. The van der Waals surface area contributed by atoms with Crippen LogP contribution in [0.4, 0.5) is 0 Å².